The monoisotopic (exact) mass is 335 g/mol. The lowest BCUT2D eigenvalue weighted by Gasteiger charge is -2.35. The molecule has 5 nitrogen and oxygen atoms in total. The van der Waals surface area contributed by atoms with E-state index in [0.29, 0.717) is 39.0 Å². The summed E-state index contributed by atoms with van der Waals surface area (Å²) in [5, 5.41) is 3.12. The molecule has 0 bridgehead atoms. The van der Waals surface area contributed by atoms with Crippen LogP contribution in [0.25, 0.3) is 0 Å². The molecule has 1 saturated heterocycles. The summed E-state index contributed by atoms with van der Waals surface area (Å²) in [6.45, 7) is 2.37. The quantitative estimate of drug-likeness (QED) is 0.844. The summed E-state index contributed by atoms with van der Waals surface area (Å²) in [4.78, 5) is 27.4. The average Bonchev–Trinajstić information content (AvgIpc) is 2.54. The minimum absolute atomic E-state index is 0.000508. The molecule has 2 unspecified atom stereocenters. The van der Waals surface area contributed by atoms with Gasteiger partial charge >= 0.3 is 6.18 Å². The normalized spacial score (nSPS) is 26.0. The summed E-state index contributed by atoms with van der Waals surface area (Å²) in [6, 6.07) is 0. The van der Waals surface area contributed by atoms with E-state index in [9.17, 15) is 22.8 Å². The number of halogens is 3. The van der Waals surface area contributed by atoms with Gasteiger partial charge < -0.3 is 15.1 Å². The van der Waals surface area contributed by atoms with Gasteiger partial charge in [-0.3, -0.25) is 9.59 Å². The fourth-order valence-electron chi connectivity index (χ4n) is 3.40. The predicted molar refractivity (Wildman–Crippen MR) is 78.6 cm³/mol. The van der Waals surface area contributed by atoms with E-state index >= 15 is 0 Å². The highest BCUT2D eigenvalue weighted by Gasteiger charge is 2.48. The number of amides is 2. The van der Waals surface area contributed by atoms with E-state index in [-0.39, 0.29) is 25.3 Å². The lowest BCUT2D eigenvalue weighted by molar-refractivity contribution is -0.200. The minimum atomic E-state index is -4.36. The average molecular weight is 335 g/mol. The van der Waals surface area contributed by atoms with Gasteiger partial charge in [0.1, 0.15) is 0 Å². The molecule has 2 fully saturated rings. The summed E-state index contributed by atoms with van der Waals surface area (Å²) in [7, 11) is 1.42. The van der Waals surface area contributed by atoms with Gasteiger partial charge in [-0.05, 0) is 12.8 Å². The van der Waals surface area contributed by atoms with E-state index in [0.717, 1.165) is 0 Å². The van der Waals surface area contributed by atoms with Crippen molar-refractivity contribution in [1.82, 2.24) is 15.1 Å². The van der Waals surface area contributed by atoms with Crippen LogP contribution >= 0.6 is 0 Å². The first-order valence-corrected chi connectivity index (χ1v) is 8.11. The van der Waals surface area contributed by atoms with Crippen LogP contribution in [0.3, 0.4) is 0 Å². The Kier molecular flexibility index (Phi) is 5.89. The van der Waals surface area contributed by atoms with Crippen LogP contribution < -0.4 is 5.32 Å². The third-order valence-corrected chi connectivity index (χ3v) is 4.72. The summed E-state index contributed by atoms with van der Waals surface area (Å²) < 4.78 is 39.3. The van der Waals surface area contributed by atoms with Crippen molar-refractivity contribution in [2.45, 2.75) is 31.9 Å². The van der Waals surface area contributed by atoms with Crippen molar-refractivity contribution in [3.63, 3.8) is 0 Å². The molecule has 1 aliphatic carbocycles. The summed E-state index contributed by atoms with van der Waals surface area (Å²) in [5.41, 5.74) is 0. The van der Waals surface area contributed by atoms with Crippen molar-refractivity contribution in [2.24, 2.45) is 11.8 Å². The van der Waals surface area contributed by atoms with Crippen molar-refractivity contribution < 1.29 is 22.8 Å². The van der Waals surface area contributed by atoms with Crippen LogP contribution in [-0.4, -0.2) is 67.6 Å². The smallest absolute Gasteiger partial charge is 0.339 e. The fraction of sp³-hybridized carbons (Fsp3) is 0.867. The second-order valence-electron chi connectivity index (χ2n) is 6.36. The first kappa shape index (κ1) is 18.0. The lowest BCUT2D eigenvalue weighted by Crippen LogP contribution is -2.51. The number of rotatable bonds is 3. The molecule has 0 aromatic heterocycles. The third-order valence-electron chi connectivity index (χ3n) is 4.72. The molecule has 2 atom stereocenters. The Morgan fingerprint density at radius 3 is 2.39 bits per heavy atom. The van der Waals surface area contributed by atoms with Gasteiger partial charge in [-0.2, -0.15) is 13.2 Å². The first-order chi connectivity index (χ1) is 10.8. The molecule has 1 heterocycles. The van der Waals surface area contributed by atoms with Gasteiger partial charge in [-0.15, -0.1) is 0 Å². The van der Waals surface area contributed by atoms with Crippen LogP contribution in [0.2, 0.25) is 0 Å². The number of nitrogens with one attached hydrogen (secondary N) is 1. The molecule has 1 N–H and O–H groups in total. The molecule has 23 heavy (non-hydrogen) atoms. The second-order valence-corrected chi connectivity index (χ2v) is 6.36. The minimum Gasteiger partial charge on any atom is -0.339 e. The van der Waals surface area contributed by atoms with Crippen molar-refractivity contribution in [2.75, 3.05) is 39.8 Å². The fourth-order valence-corrected chi connectivity index (χ4v) is 3.40. The number of hydrogen-bond donors (Lipinski definition) is 1. The first-order valence-electron chi connectivity index (χ1n) is 8.11. The van der Waals surface area contributed by atoms with Gasteiger partial charge in [0.15, 0.2) is 0 Å². The van der Waals surface area contributed by atoms with Crippen LogP contribution in [0, 0.1) is 11.8 Å². The molecule has 0 spiro atoms. The molecular weight excluding hydrogens is 311 g/mol. The maximum absolute atomic E-state index is 13.1. The van der Waals surface area contributed by atoms with Gasteiger partial charge in [0, 0.05) is 39.1 Å². The van der Waals surface area contributed by atoms with Crippen LogP contribution in [0.1, 0.15) is 25.7 Å². The number of carbonyl (C=O) groups excluding carboxylic acids is 2. The number of likely N-dealkylation sites (N-methyl/N-ethyl adjacent to an activating group) is 1. The van der Waals surface area contributed by atoms with Gasteiger partial charge in [0.05, 0.1) is 12.5 Å². The van der Waals surface area contributed by atoms with E-state index in [1.54, 1.807) is 4.90 Å². The number of nitrogens with zero attached hydrogens (tertiary/aromatic N) is 2. The SMILES string of the molecule is CN(CC(=O)N1CCNCC1)C(=O)C1CCCCC1C(F)(F)F. The highest BCUT2D eigenvalue weighted by Crippen LogP contribution is 2.42. The molecule has 0 aromatic carbocycles. The van der Waals surface area contributed by atoms with Gasteiger partial charge in [0.25, 0.3) is 0 Å². The van der Waals surface area contributed by atoms with Gasteiger partial charge in [-0.1, -0.05) is 12.8 Å². The molecule has 2 amide bonds. The number of hydrogen-bond acceptors (Lipinski definition) is 3. The second kappa shape index (κ2) is 7.51. The van der Waals surface area contributed by atoms with Crippen LogP contribution in [0.15, 0.2) is 0 Å². The molecule has 8 heteroatoms. The lowest BCUT2D eigenvalue weighted by atomic mass is 9.78. The maximum atomic E-state index is 13.1. The van der Waals surface area contributed by atoms with E-state index in [1.807, 2.05) is 0 Å². The Balaban J connectivity index is 1.95. The standard InChI is InChI=1S/C15H24F3N3O2/c1-20(10-13(22)21-8-6-19-7-9-21)14(23)11-4-2-3-5-12(11)15(16,17)18/h11-12,19H,2-10H2,1H3. The zero-order valence-electron chi connectivity index (χ0n) is 13.4. The van der Waals surface area contributed by atoms with E-state index in [2.05, 4.69) is 5.32 Å². The highest BCUT2D eigenvalue weighted by molar-refractivity contribution is 5.86. The predicted octanol–water partition coefficient (Wildman–Crippen LogP) is 1.25. The number of piperazine rings is 1. The Morgan fingerprint density at radius 1 is 1.17 bits per heavy atom. The molecule has 1 aliphatic heterocycles. The van der Waals surface area contributed by atoms with Crippen LogP contribution in [-0.2, 0) is 9.59 Å². The van der Waals surface area contributed by atoms with Crippen LogP contribution in [0.4, 0.5) is 13.2 Å². The van der Waals surface area contributed by atoms with Crippen molar-refractivity contribution in [1.29, 1.82) is 0 Å². The largest absolute Gasteiger partial charge is 0.392 e. The molecule has 0 radical (unpaired) electrons. The molecular formula is C15H24F3N3O2. The Morgan fingerprint density at radius 2 is 1.78 bits per heavy atom. The Bertz CT molecular complexity index is 436. The molecule has 2 rings (SSSR count). The zero-order valence-corrected chi connectivity index (χ0v) is 13.4. The molecule has 132 valence electrons. The topological polar surface area (TPSA) is 52.7 Å². The zero-order chi connectivity index (χ0) is 17.0. The Hall–Kier alpha value is -1.31. The van der Waals surface area contributed by atoms with Gasteiger partial charge in [0.2, 0.25) is 11.8 Å². The van der Waals surface area contributed by atoms with E-state index in [4.69, 9.17) is 0 Å². The van der Waals surface area contributed by atoms with Crippen LogP contribution in [0.5, 0.6) is 0 Å². The maximum Gasteiger partial charge on any atom is 0.392 e. The summed E-state index contributed by atoms with van der Waals surface area (Å²) >= 11 is 0. The summed E-state index contributed by atoms with van der Waals surface area (Å²) in [5.74, 6) is -3.40. The van der Waals surface area contributed by atoms with E-state index in [1.165, 1.54) is 11.9 Å². The summed E-state index contributed by atoms with van der Waals surface area (Å²) in [6.07, 6.45) is -2.99. The Labute approximate surface area is 134 Å². The van der Waals surface area contributed by atoms with E-state index < -0.39 is 23.9 Å². The van der Waals surface area contributed by atoms with Gasteiger partial charge in [-0.25, -0.2) is 0 Å². The van der Waals surface area contributed by atoms with Crippen molar-refractivity contribution >= 4 is 11.8 Å². The number of alkyl halides is 3. The highest BCUT2D eigenvalue weighted by atomic mass is 19.4. The van der Waals surface area contributed by atoms with Crippen molar-refractivity contribution in [3.05, 3.63) is 0 Å². The molecule has 2 aliphatic rings. The molecule has 1 saturated carbocycles. The molecule has 0 aromatic rings. The van der Waals surface area contributed by atoms with Crippen molar-refractivity contribution in [3.8, 4) is 0 Å². The number of carbonyl (C=O) groups is 2. The third kappa shape index (κ3) is 4.59.